The van der Waals surface area contributed by atoms with E-state index in [9.17, 15) is 4.79 Å². The molecule has 0 saturated carbocycles. The minimum Gasteiger partial charge on any atom is -0.496 e. The van der Waals surface area contributed by atoms with E-state index in [-0.39, 0.29) is 5.56 Å². The Kier molecular flexibility index (Phi) is 3.80. The monoisotopic (exact) mass is 256 g/mol. The van der Waals surface area contributed by atoms with Crippen LogP contribution in [-0.2, 0) is 0 Å². The summed E-state index contributed by atoms with van der Waals surface area (Å²) in [6.45, 7) is 3.75. The summed E-state index contributed by atoms with van der Waals surface area (Å²) in [5, 5.41) is 4.22. The highest BCUT2D eigenvalue weighted by Gasteiger charge is 2.01. The van der Waals surface area contributed by atoms with Crippen molar-refractivity contribution in [2.24, 2.45) is 5.10 Å². The molecule has 2 aromatic rings. The van der Waals surface area contributed by atoms with Crippen molar-refractivity contribution in [3.63, 3.8) is 0 Å². The summed E-state index contributed by atoms with van der Waals surface area (Å²) < 4.78 is 6.61. The number of aryl methyl sites for hydroxylation is 2. The molecule has 2 rings (SSSR count). The smallest absolute Gasteiger partial charge is 0.271 e. The van der Waals surface area contributed by atoms with Gasteiger partial charge in [-0.2, -0.15) is 5.10 Å². The molecule has 0 radical (unpaired) electrons. The standard InChI is InChI=1S/C15H16N2O2/c1-11-8-12(2)17(15(18)9-11)16-10-13-6-4-5-7-14(13)19-3/h4-10H,1-3H3/b16-10+. The maximum absolute atomic E-state index is 11.9. The van der Waals surface area contributed by atoms with Gasteiger partial charge in [0.05, 0.1) is 13.3 Å². The van der Waals surface area contributed by atoms with Crippen molar-refractivity contribution in [2.45, 2.75) is 13.8 Å². The lowest BCUT2D eigenvalue weighted by Gasteiger charge is -2.05. The SMILES string of the molecule is COc1ccccc1/C=N/n1c(C)cc(C)cc1=O. The Bertz CT molecular complexity index is 672. The van der Waals surface area contributed by atoms with Gasteiger partial charge in [-0.1, -0.05) is 12.1 Å². The lowest BCUT2D eigenvalue weighted by molar-refractivity contribution is 0.414. The number of benzene rings is 1. The zero-order chi connectivity index (χ0) is 13.8. The second-order valence-corrected chi connectivity index (χ2v) is 4.31. The third-order valence-corrected chi connectivity index (χ3v) is 2.78. The predicted molar refractivity (Wildman–Crippen MR) is 76.2 cm³/mol. The summed E-state index contributed by atoms with van der Waals surface area (Å²) in [6, 6.07) is 11.0. The van der Waals surface area contributed by atoms with Gasteiger partial charge in [-0.3, -0.25) is 4.79 Å². The number of rotatable bonds is 3. The molecule has 4 heteroatoms. The van der Waals surface area contributed by atoms with E-state index in [1.165, 1.54) is 4.68 Å². The molecule has 0 unspecified atom stereocenters. The van der Waals surface area contributed by atoms with Crippen LogP contribution in [0.4, 0.5) is 0 Å². The average molecular weight is 256 g/mol. The molecule has 0 aliphatic rings. The normalized spacial score (nSPS) is 10.9. The Labute approximate surface area is 112 Å². The first-order chi connectivity index (χ1) is 9.11. The van der Waals surface area contributed by atoms with Crippen molar-refractivity contribution >= 4 is 6.21 Å². The molecule has 4 nitrogen and oxygen atoms in total. The first-order valence-corrected chi connectivity index (χ1v) is 5.99. The zero-order valence-corrected chi connectivity index (χ0v) is 11.3. The molecule has 0 atom stereocenters. The molecule has 0 aliphatic heterocycles. The second kappa shape index (κ2) is 5.52. The van der Waals surface area contributed by atoms with Gasteiger partial charge in [0.2, 0.25) is 0 Å². The largest absolute Gasteiger partial charge is 0.496 e. The molecule has 0 amide bonds. The van der Waals surface area contributed by atoms with E-state index in [0.717, 1.165) is 22.6 Å². The van der Waals surface area contributed by atoms with Crippen LogP contribution in [0.25, 0.3) is 0 Å². The Morgan fingerprint density at radius 1 is 1.21 bits per heavy atom. The van der Waals surface area contributed by atoms with Gasteiger partial charge in [-0.15, -0.1) is 0 Å². The molecule has 1 heterocycles. The molecule has 1 aromatic heterocycles. The van der Waals surface area contributed by atoms with Crippen molar-refractivity contribution < 1.29 is 4.74 Å². The quantitative estimate of drug-likeness (QED) is 0.791. The summed E-state index contributed by atoms with van der Waals surface area (Å²) in [6.07, 6.45) is 1.63. The molecule has 1 aromatic carbocycles. The molecule has 98 valence electrons. The van der Waals surface area contributed by atoms with E-state index in [2.05, 4.69) is 5.10 Å². The van der Waals surface area contributed by atoms with Gasteiger partial charge in [0.25, 0.3) is 5.56 Å². The summed E-state index contributed by atoms with van der Waals surface area (Å²) in [4.78, 5) is 11.9. The average Bonchev–Trinajstić information content (AvgIpc) is 2.38. The van der Waals surface area contributed by atoms with E-state index in [1.54, 1.807) is 19.4 Å². The van der Waals surface area contributed by atoms with E-state index in [0.29, 0.717) is 0 Å². The number of para-hydroxylation sites is 1. The van der Waals surface area contributed by atoms with Crippen molar-refractivity contribution in [2.75, 3.05) is 7.11 Å². The van der Waals surface area contributed by atoms with Gasteiger partial charge in [0.1, 0.15) is 5.75 Å². The van der Waals surface area contributed by atoms with Crippen molar-refractivity contribution in [1.29, 1.82) is 0 Å². The van der Waals surface area contributed by atoms with Crippen LogP contribution in [0.3, 0.4) is 0 Å². The number of hydrogen-bond acceptors (Lipinski definition) is 3. The Balaban J connectivity index is 2.41. The summed E-state index contributed by atoms with van der Waals surface area (Å²) in [5.41, 5.74) is 2.43. The number of ether oxygens (including phenoxy) is 1. The minimum atomic E-state index is -0.136. The zero-order valence-electron chi connectivity index (χ0n) is 11.3. The van der Waals surface area contributed by atoms with E-state index < -0.39 is 0 Å². The van der Waals surface area contributed by atoms with Gasteiger partial charge in [0, 0.05) is 17.3 Å². The molecular formula is C15H16N2O2. The van der Waals surface area contributed by atoms with Crippen molar-refractivity contribution in [1.82, 2.24) is 4.68 Å². The van der Waals surface area contributed by atoms with Crippen LogP contribution in [-0.4, -0.2) is 18.0 Å². The lowest BCUT2D eigenvalue weighted by Crippen LogP contribution is -2.18. The maximum Gasteiger partial charge on any atom is 0.271 e. The first-order valence-electron chi connectivity index (χ1n) is 5.99. The van der Waals surface area contributed by atoms with Crippen LogP contribution in [0.1, 0.15) is 16.8 Å². The summed E-state index contributed by atoms with van der Waals surface area (Å²) in [5.74, 6) is 0.726. The second-order valence-electron chi connectivity index (χ2n) is 4.31. The third-order valence-electron chi connectivity index (χ3n) is 2.78. The highest BCUT2D eigenvalue weighted by molar-refractivity contribution is 5.83. The molecule has 0 saturated heterocycles. The predicted octanol–water partition coefficient (Wildman–Crippen LogP) is 2.36. The topological polar surface area (TPSA) is 43.6 Å². The molecule has 0 aliphatic carbocycles. The highest BCUT2D eigenvalue weighted by Crippen LogP contribution is 2.14. The van der Waals surface area contributed by atoms with Crippen LogP contribution in [0.2, 0.25) is 0 Å². The molecule has 0 bridgehead atoms. The number of nitrogens with zero attached hydrogens (tertiary/aromatic N) is 2. The fourth-order valence-corrected chi connectivity index (χ4v) is 1.90. The molecule has 0 fully saturated rings. The maximum atomic E-state index is 11.9. The molecule has 19 heavy (non-hydrogen) atoms. The van der Waals surface area contributed by atoms with E-state index in [4.69, 9.17) is 4.74 Å². The van der Waals surface area contributed by atoms with Crippen LogP contribution >= 0.6 is 0 Å². The minimum absolute atomic E-state index is 0.136. The fourth-order valence-electron chi connectivity index (χ4n) is 1.90. The highest BCUT2D eigenvalue weighted by atomic mass is 16.5. The fraction of sp³-hybridized carbons (Fsp3) is 0.200. The van der Waals surface area contributed by atoms with Crippen LogP contribution in [0.15, 0.2) is 46.3 Å². The summed E-state index contributed by atoms with van der Waals surface area (Å²) in [7, 11) is 1.61. The van der Waals surface area contributed by atoms with E-state index >= 15 is 0 Å². The van der Waals surface area contributed by atoms with Gasteiger partial charge < -0.3 is 4.74 Å². The van der Waals surface area contributed by atoms with E-state index in [1.807, 2.05) is 44.2 Å². The van der Waals surface area contributed by atoms with Crippen molar-refractivity contribution in [3.8, 4) is 5.75 Å². The Hall–Kier alpha value is -2.36. The van der Waals surface area contributed by atoms with Crippen LogP contribution < -0.4 is 10.3 Å². The molecule has 0 spiro atoms. The number of hydrogen-bond donors (Lipinski definition) is 0. The summed E-state index contributed by atoms with van der Waals surface area (Å²) >= 11 is 0. The van der Waals surface area contributed by atoms with Gasteiger partial charge in [-0.05, 0) is 37.6 Å². The third kappa shape index (κ3) is 2.91. The van der Waals surface area contributed by atoms with Gasteiger partial charge in [-0.25, -0.2) is 4.68 Å². The Morgan fingerprint density at radius 3 is 2.63 bits per heavy atom. The number of pyridine rings is 1. The van der Waals surface area contributed by atoms with Gasteiger partial charge >= 0.3 is 0 Å². The van der Waals surface area contributed by atoms with Crippen LogP contribution in [0, 0.1) is 13.8 Å². The number of methoxy groups -OCH3 is 1. The molecular weight excluding hydrogens is 240 g/mol. The molecule has 0 N–H and O–H groups in total. The van der Waals surface area contributed by atoms with Crippen LogP contribution in [0.5, 0.6) is 5.75 Å². The Morgan fingerprint density at radius 2 is 1.95 bits per heavy atom. The van der Waals surface area contributed by atoms with Crippen molar-refractivity contribution in [3.05, 3.63) is 63.6 Å². The van der Waals surface area contributed by atoms with Gasteiger partial charge in [0.15, 0.2) is 0 Å². The lowest BCUT2D eigenvalue weighted by atomic mass is 10.2. The number of aromatic nitrogens is 1. The first kappa shape index (κ1) is 13.1.